The van der Waals surface area contributed by atoms with Gasteiger partial charge in [-0.1, -0.05) is 6.42 Å². The first-order valence-electron chi connectivity index (χ1n) is 3.83. The molecule has 0 aliphatic heterocycles. The Kier molecular flexibility index (Phi) is 6.13. The van der Waals surface area contributed by atoms with Crippen molar-refractivity contribution in [1.29, 1.82) is 0 Å². The summed E-state index contributed by atoms with van der Waals surface area (Å²) in [5.41, 5.74) is 0. The molecule has 1 atom stereocenters. The van der Waals surface area contributed by atoms with E-state index in [9.17, 15) is 4.79 Å². The van der Waals surface area contributed by atoms with Gasteiger partial charge in [-0.05, 0) is 12.8 Å². The SMILES string of the molecule is O=C(O)C(CO)NC1CCC1.[Na]. The standard InChI is InChI=1S/C7H13NO3.Na/c9-4-6(7(10)11)8-5-2-1-3-5;/h5-6,8-9H,1-4H2,(H,10,11);. The van der Waals surface area contributed by atoms with E-state index in [0.29, 0.717) is 6.04 Å². The van der Waals surface area contributed by atoms with Crippen molar-refractivity contribution in [3.05, 3.63) is 0 Å². The molecule has 5 heteroatoms. The van der Waals surface area contributed by atoms with Crippen molar-refractivity contribution >= 4 is 35.5 Å². The van der Waals surface area contributed by atoms with E-state index < -0.39 is 12.0 Å². The third kappa shape index (κ3) is 3.41. The number of rotatable bonds is 4. The molecule has 0 aromatic rings. The van der Waals surface area contributed by atoms with Crippen molar-refractivity contribution in [2.45, 2.75) is 31.3 Å². The fourth-order valence-electron chi connectivity index (χ4n) is 1.06. The summed E-state index contributed by atoms with van der Waals surface area (Å²) in [4.78, 5) is 10.4. The maximum absolute atomic E-state index is 10.4. The number of nitrogens with one attached hydrogen (secondary N) is 1. The molecule has 1 aliphatic carbocycles. The van der Waals surface area contributed by atoms with Gasteiger partial charge in [-0.25, -0.2) is 0 Å². The molecular weight excluding hydrogens is 169 g/mol. The minimum absolute atomic E-state index is 0. The molecule has 0 bridgehead atoms. The van der Waals surface area contributed by atoms with E-state index in [1.165, 1.54) is 0 Å². The zero-order chi connectivity index (χ0) is 8.27. The van der Waals surface area contributed by atoms with Gasteiger partial charge >= 0.3 is 5.97 Å². The van der Waals surface area contributed by atoms with E-state index in [4.69, 9.17) is 10.2 Å². The van der Waals surface area contributed by atoms with Crippen LogP contribution in [-0.4, -0.2) is 64.4 Å². The van der Waals surface area contributed by atoms with Crippen LogP contribution in [0, 0.1) is 0 Å². The molecule has 65 valence electrons. The van der Waals surface area contributed by atoms with Gasteiger partial charge in [0, 0.05) is 35.6 Å². The maximum Gasteiger partial charge on any atom is 0.323 e. The quantitative estimate of drug-likeness (QED) is 0.497. The molecule has 4 nitrogen and oxygen atoms in total. The monoisotopic (exact) mass is 182 g/mol. The second-order valence-corrected chi connectivity index (χ2v) is 2.87. The minimum Gasteiger partial charge on any atom is -0.480 e. The van der Waals surface area contributed by atoms with Crippen LogP contribution in [0.5, 0.6) is 0 Å². The van der Waals surface area contributed by atoms with Gasteiger partial charge in [0.1, 0.15) is 6.04 Å². The van der Waals surface area contributed by atoms with E-state index in [2.05, 4.69) is 5.32 Å². The Morgan fingerprint density at radius 1 is 1.58 bits per heavy atom. The third-order valence-electron chi connectivity index (χ3n) is 2.02. The average Bonchev–Trinajstić information content (AvgIpc) is 1.85. The summed E-state index contributed by atoms with van der Waals surface area (Å²) in [5, 5.41) is 20.0. The zero-order valence-electron chi connectivity index (χ0n) is 7.29. The number of hydrogen-bond acceptors (Lipinski definition) is 3. The predicted octanol–water partition coefficient (Wildman–Crippen LogP) is -0.807. The van der Waals surface area contributed by atoms with Gasteiger partial charge in [-0.15, -0.1) is 0 Å². The molecule has 0 aromatic carbocycles. The summed E-state index contributed by atoms with van der Waals surface area (Å²) in [6, 6.07) is -0.469. The fourth-order valence-corrected chi connectivity index (χ4v) is 1.06. The minimum atomic E-state index is -0.973. The number of carbonyl (C=O) groups is 1. The average molecular weight is 182 g/mol. The molecule has 0 spiro atoms. The molecule has 1 saturated carbocycles. The molecule has 1 unspecified atom stereocenters. The molecule has 0 saturated heterocycles. The Balaban J connectivity index is 0.00000121. The Morgan fingerprint density at radius 3 is 2.42 bits per heavy atom. The molecule has 0 heterocycles. The van der Waals surface area contributed by atoms with Crippen molar-refractivity contribution < 1.29 is 15.0 Å². The van der Waals surface area contributed by atoms with Crippen molar-refractivity contribution in [1.82, 2.24) is 5.32 Å². The van der Waals surface area contributed by atoms with Gasteiger partial charge in [-0.3, -0.25) is 10.1 Å². The van der Waals surface area contributed by atoms with Crippen LogP contribution in [0.1, 0.15) is 19.3 Å². The number of aliphatic hydroxyl groups is 1. The van der Waals surface area contributed by atoms with E-state index in [0.717, 1.165) is 19.3 Å². The molecule has 1 aliphatic rings. The van der Waals surface area contributed by atoms with Gasteiger partial charge in [0.25, 0.3) is 0 Å². The second kappa shape index (κ2) is 5.94. The molecule has 1 radical (unpaired) electrons. The largest absolute Gasteiger partial charge is 0.480 e. The molecule has 1 fully saturated rings. The Morgan fingerprint density at radius 2 is 2.17 bits per heavy atom. The molecule has 0 amide bonds. The molecule has 0 aromatic heterocycles. The van der Waals surface area contributed by atoms with Crippen LogP contribution in [0.25, 0.3) is 0 Å². The first-order valence-corrected chi connectivity index (χ1v) is 3.83. The second-order valence-electron chi connectivity index (χ2n) is 2.87. The normalized spacial score (nSPS) is 19.1. The summed E-state index contributed by atoms with van der Waals surface area (Å²) in [5.74, 6) is -0.973. The van der Waals surface area contributed by atoms with Gasteiger partial charge in [-0.2, -0.15) is 0 Å². The van der Waals surface area contributed by atoms with Crippen molar-refractivity contribution in [2.24, 2.45) is 0 Å². The van der Waals surface area contributed by atoms with Crippen LogP contribution in [-0.2, 0) is 4.79 Å². The van der Waals surface area contributed by atoms with Gasteiger partial charge in [0.05, 0.1) is 6.61 Å². The van der Waals surface area contributed by atoms with Crippen molar-refractivity contribution in [3.8, 4) is 0 Å². The van der Waals surface area contributed by atoms with Crippen molar-refractivity contribution in [3.63, 3.8) is 0 Å². The molecule has 1 rings (SSSR count). The van der Waals surface area contributed by atoms with Crippen LogP contribution in [0.4, 0.5) is 0 Å². The number of carboxylic acid groups (broad SMARTS) is 1. The Hall–Kier alpha value is 0.390. The van der Waals surface area contributed by atoms with Crippen LogP contribution in [0.2, 0.25) is 0 Å². The van der Waals surface area contributed by atoms with Crippen molar-refractivity contribution in [2.75, 3.05) is 6.61 Å². The number of carboxylic acids is 1. The molecular formula is C7H13NNaO3. The van der Waals surface area contributed by atoms with E-state index in [1.807, 2.05) is 0 Å². The van der Waals surface area contributed by atoms with Gasteiger partial charge in [0.2, 0.25) is 0 Å². The topological polar surface area (TPSA) is 69.6 Å². The van der Waals surface area contributed by atoms with Gasteiger partial charge in [0.15, 0.2) is 0 Å². The van der Waals surface area contributed by atoms with Gasteiger partial charge < -0.3 is 10.2 Å². The van der Waals surface area contributed by atoms with Crippen LogP contribution < -0.4 is 5.32 Å². The Labute approximate surface area is 93.6 Å². The van der Waals surface area contributed by atoms with Crippen LogP contribution in [0.15, 0.2) is 0 Å². The van der Waals surface area contributed by atoms with E-state index in [-0.39, 0.29) is 36.2 Å². The predicted molar refractivity (Wildman–Crippen MR) is 45.0 cm³/mol. The summed E-state index contributed by atoms with van der Waals surface area (Å²) >= 11 is 0. The van der Waals surface area contributed by atoms with Crippen LogP contribution >= 0.6 is 0 Å². The first-order chi connectivity index (χ1) is 5.24. The zero-order valence-corrected chi connectivity index (χ0v) is 9.29. The number of aliphatic carboxylic acids is 1. The summed E-state index contributed by atoms with van der Waals surface area (Å²) in [6.45, 7) is -0.328. The fraction of sp³-hybridized carbons (Fsp3) is 0.857. The van der Waals surface area contributed by atoms with E-state index >= 15 is 0 Å². The summed E-state index contributed by atoms with van der Waals surface area (Å²) < 4.78 is 0. The smallest absolute Gasteiger partial charge is 0.323 e. The summed E-state index contributed by atoms with van der Waals surface area (Å²) in [6.07, 6.45) is 3.23. The molecule has 3 N–H and O–H groups in total. The number of hydrogen-bond donors (Lipinski definition) is 3. The summed E-state index contributed by atoms with van der Waals surface area (Å²) in [7, 11) is 0. The Bertz CT molecular complexity index is 150. The first kappa shape index (κ1) is 12.4. The van der Waals surface area contributed by atoms with Crippen LogP contribution in [0.3, 0.4) is 0 Å². The molecule has 12 heavy (non-hydrogen) atoms. The maximum atomic E-state index is 10.4. The third-order valence-corrected chi connectivity index (χ3v) is 2.02. The van der Waals surface area contributed by atoms with E-state index in [1.54, 1.807) is 0 Å². The number of aliphatic hydroxyl groups excluding tert-OH is 1.